The predicted octanol–water partition coefficient (Wildman–Crippen LogP) is 4.10. The number of benzene rings is 2. The lowest BCUT2D eigenvalue weighted by atomic mass is 10.1. The number of hydrogen-bond acceptors (Lipinski definition) is 3. The third kappa shape index (κ3) is 3.71. The quantitative estimate of drug-likeness (QED) is 0.553. The maximum atomic E-state index is 12.7. The van der Waals surface area contributed by atoms with E-state index in [1.165, 1.54) is 0 Å². The Morgan fingerprint density at radius 2 is 1.88 bits per heavy atom. The number of nitrogens with one attached hydrogen (secondary N) is 2. The van der Waals surface area contributed by atoms with Crippen LogP contribution in [0.25, 0.3) is 21.8 Å². The Bertz CT molecular complexity index is 942. The van der Waals surface area contributed by atoms with Crippen molar-refractivity contribution in [2.24, 2.45) is 0 Å². The molecule has 0 atom stereocenters. The van der Waals surface area contributed by atoms with Gasteiger partial charge in [-0.05, 0) is 57.2 Å². The molecule has 0 spiro atoms. The molecule has 4 nitrogen and oxygen atoms in total. The molecule has 24 heavy (non-hydrogen) atoms. The third-order valence-electron chi connectivity index (χ3n) is 3.76. The minimum Gasteiger partial charge on any atom is -0.492 e. The SMILES string of the molecule is CC(C)(C)NCCOc1ccc2[nH]c3cc(Cl)ccc3c(=O)c2c1. The maximum Gasteiger partial charge on any atom is 0.197 e. The Balaban J connectivity index is 1.88. The lowest BCUT2D eigenvalue weighted by Crippen LogP contribution is -2.38. The Morgan fingerprint density at radius 3 is 2.62 bits per heavy atom. The van der Waals surface area contributed by atoms with Gasteiger partial charge in [-0.1, -0.05) is 11.6 Å². The first-order valence-electron chi connectivity index (χ1n) is 7.97. The van der Waals surface area contributed by atoms with Crippen molar-refractivity contribution >= 4 is 33.4 Å². The van der Waals surface area contributed by atoms with Crippen molar-refractivity contribution < 1.29 is 4.74 Å². The summed E-state index contributed by atoms with van der Waals surface area (Å²) in [6, 6.07) is 10.8. The van der Waals surface area contributed by atoms with E-state index in [1.807, 2.05) is 12.1 Å². The van der Waals surface area contributed by atoms with Gasteiger partial charge in [-0.2, -0.15) is 0 Å². The Hall–Kier alpha value is -2.04. The van der Waals surface area contributed by atoms with Crippen LogP contribution in [-0.2, 0) is 0 Å². The minimum absolute atomic E-state index is 0.0197. The Morgan fingerprint density at radius 1 is 1.08 bits per heavy atom. The molecule has 0 amide bonds. The van der Waals surface area contributed by atoms with Crippen molar-refractivity contribution in [3.8, 4) is 5.75 Å². The average Bonchev–Trinajstić information content (AvgIpc) is 2.51. The highest BCUT2D eigenvalue weighted by molar-refractivity contribution is 6.31. The smallest absolute Gasteiger partial charge is 0.197 e. The number of pyridine rings is 1. The summed E-state index contributed by atoms with van der Waals surface area (Å²) in [4.78, 5) is 15.9. The van der Waals surface area contributed by atoms with E-state index in [1.54, 1.807) is 24.3 Å². The average molecular weight is 345 g/mol. The first kappa shape index (κ1) is 16.8. The van der Waals surface area contributed by atoms with Crippen LogP contribution in [0.5, 0.6) is 5.75 Å². The second-order valence-electron chi connectivity index (χ2n) is 6.88. The summed E-state index contributed by atoms with van der Waals surface area (Å²) in [6.07, 6.45) is 0. The predicted molar refractivity (Wildman–Crippen MR) is 100 cm³/mol. The van der Waals surface area contributed by atoms with Crippen LogP contribution in [0.1, 0.15) is 20.8 Å². The molecule has 3 rings (SSSR count). The number of fused-ring (bicyclic) bond motifs is 2. The molecule has 0 saturated heterocycles. The van der Waals surface area contributed by atoms with Crippen LogP contribution in [0.2, 0.25) is 5.02 Å². The zero-order valence-corrected chi connectivity index (χ0v) is 14.8. The van der Waals surface area contributed by atoms with Crippen LogP contribution < -0.4 is 15.5 Å². The van der Waals surface area contributed by atoms with Crippen molar-refractivity contribution in [2.75, 3.05) is 13.2 Å². The second-order valence-corrected chi connectivity index (χ2v) is 7.31. The van der Waals surface area contributed by atoms with E-state index < -0.39 is 0 Å². The van der Waals surface area contributed by atoms with Crippen molar-refractivity contribution in [1.82, 2.24) is 10.3 Å². The Kier molecular flexibility index (Phi) is 4.52. The van der Waals surface area contributed by atoms with E-state index in [2.05, 4.69) is 31.1 Å². The number of aromatic nitrogens is 1. The molecule has 0 fully saturated rings. The molecular weight excluding hydrogens is 324 g/mol. The van der Waals surface area contributed by atoms with Gasteiger partial charge in [-0.15, -0.1) is 0 Å². The normalized spacial score (nSPS) is 12.0. The summed E-state index contributed by atoms with van der Waals surface area (Å²) in [5.74, 6) is 0.692. The fourth-order valence-electron chi connectivity index (χ4n) is 2.61. The molecule has 1 heterocycles. The van der Waals surface area contributed by atoms with E-state index in [9.17, 15) is 4.79 Å². The van der Waals surface area contributed by atoms with Gasteiger partial charge < -0.3 is 15.0 Å². The van der Waals surface area contributed by atoms with Gasteiger partial charge in [0.2, 0.25) is 0 Å². The van der Waals surface area contributed by atoms with Gasteiger partial charge in [0.1, 0.15) is 12.4 Å². The van der Waals surface area contributed by atoms with Crippen LogP contribution in [0.3, 0.4) is 0 Å². The van der Waals surface area contributed by atoms with Crippen molar-refractivity contribution in [3.63, 3.8) is 0 Å². The number of ether oxygens (including phenoxy) is 1. The summed E-state index contributed by atoms with van der Waals surface area (Å²) in [5, 5.41) is 5.21. The molecule has 0 aliphatic rings. The van der Waals surface area contributed by atoms with Crippen LogP contribution >= 0.6 is 11.6 Å². The van der Waals surface area contributed by atoms with Gasteiger partial charge >= 0.3 is 0 Å². The minimum atomic E-state index is -0.0197. The molecule has 0 aliphatic heterocycles. The molecule has 3 aromatic rings. The van der Waals surface area contributed by atoms with Crippen molar-refractivity contribution in [2.45, 2.75) is 26.3 Å². The van der Waals surface area contributed by atoms with Gasteiger partial charge in [0.25, 0.3) is 0 Å². The summed E-state index contributed by atoms with van der Waals surface area (Å²) in [6.45, 7) is 7.62. The third-order valence-corrected chi connectivity index (χ3v) is 3.99. The summed E-state index contributed by atoms with van der Waals surface area (Å²) in [7, 11) is 0. The maximum absolute atomic E-state index is 12.7. The molecule has 0 bridgehead atoms. The zero-order valence-electron chi connectivity index (χ0n) is 14.1. The summed E-state index contributed by atoms with van der Waals surface area (Å²) in [5.41, 5.74) is 1.55. The standard InChI is InChI=1S/C19H21ClN2O2/c1-19(2,3)21-8-9-24-13-5-7-16-15(11-13)18(23)14-6-4-12(20)10-17(14)22-16/h4-7,10-11,21H,8-9H2,1-3H3,(H,22,23). The van der Waals surface area contributed by atoms with E-state index >= 15 is 0 Å². The molecule has 2 aromatic carbocycles. The molecule has 2 N–H and O–H groups in total. The highest BCUT2D eigenvalue weighted by Gasteiger charge is 2.09. The largest absolute Gasteiger partial charge is 0.492 e. The number of aromatic amines is 1. The van der Waals surface area contributed by atoms with E-state index in [0.29, 0.717) is 28.2 Å². The molecule has 0 saturated carbocycles. The van der Waals surface area contributed by atoms with Gasteiger partial charge in [0.15, 0.2) is 5.43 Å². The van der Waals surface area contributed by atoms with Gasteiger partial charge in [0.05, 0.1) is 11.0 Å². The molecular formula is C19H21ClN2O2. The van der Waals surface area contributed by atoms with Crippen LogP contribution in [0.15, 0.2) is 41.2 Å². The topological polar surface area (TPSA) is 54.1 Å². The second kappa shape index (κ2) is 6.46. The van der Waals surface area contributed by atoms with Gasteiger partial charge in [-0.3, -0.25) is 4.79 Å². The molecule has 0 unspecified atom stereocenters. The van der Waals surface area contributed by atoms with E-state index in [-0.39, 0.29) is 11.0 Å². The van der Waals surface area contributed by atoms with Crippen LogP contribution in [0.4, 0.5) is 0 Å². The van der Waals surface area contributed by atoms with Crippen molar-refractivity contribution in [1.29, 1.82) is 0 Å². The highest BCUT2D eigenvalue weighted by Crippen LogP contribution is 2.22. The molecule has 0 radical (unpaired) electrons. The van der Waals surface area contributed by atoms with E-state index in [4.69, 9.17) is 16.3 Å². The number of rotatable bonds is 4. The summed E-state index contributed by atoms with van der Waals surface area (Å²) < 4.78 is 5.76. The summed E-state index contributed by atoms with van der Waals surface area (Å²) >= 11 is 6.00. The van der Waals surface area contributed by atoms with Gasteiger partial charge in [0, 0.05) is 27.9 Å². The Labute approximate surface area is 145 Å². The number of hydrogen-bond donors (Lipinski definition) is 2. The van der Waals surface area contributed by atoms with Crippen molar-refractivity contribution in [3.05, 3.63) is 51.6 Å². The fraction of sp³-hybridized carbons (Fsp3) is 0.316. The molecule has 0 aliphatic carbocycles. The van der Waals surface area contributed by atoms with E-state index in [0.717, 1.165) is 17.6 Å². The lowest BCUT2D eigenvalue weighted by molar-refractivity contribution is 0.291. The number of halogens is 1. The van der Waals surface area contributed by atoms with Gasteiger partial charge in [-0.25, -0.2) is 0 Å². The first-order valence-corrected chi connectivity index (χ1v) is 8.34. The number of H-pyrrole nitrogens is 1. The molecule has 1 aromatic heterocycles. The monoisotopic (exact) mass is 344 g/mol. The first-order chi connectivity index (χ1) is 11.3. The highest BCUT2D eigenvalue weighted by atomic mass is 35.5. The fourth-order valence-corrected chi connectivity index (χ4v) is 2.79. The zero-order chi connectivity index (χ0) is 17.3. The van der Waals surface area contributed by atoms with Crippen LogP contribution in [-0.4, -0.2) is 23.7 Å². The molecule has 5 heteroatoms. The van der Waals surface area contributed by atoms with Crippen LogP contribution in [0, 0.1) is 0 Å². The molecule has 126 valence electrons. The lowest BCUT2D eigenvalue weighted by Gasteiger charge is -2.20.